The van der Waals surface area contributed by atoms with Gasteiger partial charge in [0.1, 0.15) is 0 Å². The van der Waals surface area contributed by atoms with Crippen LogP contribution in [0.1, 0.15) is 0 Å². The molecule has 1 aliphatic heterocycles. The lowest BCUT2D eigenvalue weighted by Crippen LogP contribution is -1.98. The first-order chi connectivity index (χ1) is 3.50. The third kappa shape index (κ3) is 2.06. The van der Waals surface area contributed by atoms with Crippen LogP contribution in [-0.4, -0.2) is 29.6 Å². The molecule has 0 atom stereocenters. The highest BCUT2D eigenvalue weighted by atomic mass is 28.2. The van der Waals surface area contributed by atoms with Crippen molar-refractivity contribution in [3.05, 3.63) is 0 Å². The lowest BCUT2D eigenvalue weighted by molar-refractivity contribution is 0.128. The van der Waals surface area contributed by atoms with Gasteiger partial charge in [0.25, 0.3) is 0 Å². The van der Waals surface area contributed by atoms with Crippen LogP contribution in [0.2, 0.25) is 6.04 Å². The van der Waals surface area contributed by atoms with E-state index >= 15 is 0 Å². The minimum Gasteiger partial charge on any atom is -0.422 e. The minimum absolute atomic E-state index is 0.151. The Morgan fingerprint density at radius 1 is 1.14 bits per heavy atom. The third-order valence-electron chi connectivity index (χ3n) is 0.949. The monoisotopic (exact) mass is 118 g/mol. The Morgan fingerprint density at radius 3 is 3.14 bits per heavy atom. The van der Waals surface area contributed by atoms with Crippen LogP contribution in [-0.2, 0) is 9.16 Å². The summed E-state index contributed by atoms with van der Waals surface area (Å²) in [6.07, 6.45) is 0. The molecule has 1 rings (SSSR count). The van der Waals surface area contributed by atoms with Crippen molar-refractivity contribution in [2.24, 2.45) is 0 Å². The SMILES string of the molecule is C1CO[SiH2]CCO1. The standard InChI is InChI=1S/C4H10O2Si/c1-2-6-7-4-3-5-1/h1-4,7H2. The minimum atomic E-state index is -0.151. The molecule has 0 aromatic heterocycles. The first kappa shape index (κ1) is 5.28. The second-order valence-corrected chi connectivity index (χ2v) is 3.10. The maximum atomic E-state index is 5.21. The van der Waals surface area contributed by atoms with Gasteiger partial charge in [0.15, 0.2) is 9.76 Å². The molecular weight excluding hydrogens is 108 g/mol. The van der Waals surface area contributed by atoms with E-state index in [-0.39, 0.29) is 9.76 Å². The molecule has 0 amide bonds. The molecule has 0 aromatic rings. The van der Waals surface area contributed by atoms with Crippen molar-refractivity contribution >= 4 is 9.76 Å². The summed E-state index contributed by atoms with van der Waals surface area (Å²) in [5, 5.41) is 0. The van der Waals surface area contributed by atoms with Crippen molar-refractivity contribution in [3.63, 3.8) is 0 Å². The van der Waals surface area contributed by atoms with Crippen LogP contribution < -0.4 is 0 Å². The predicted octanol–water partition coefficient (Wildman–Crippen LogP) is -0.465. The molecule has 1 heterocycles. The van der Waals surface area contributed by atoms with Crippen LogP contribution in [0, 0.1) is 0 Å². The van der Waals surface area contributed by atoms with Gasteiger partial charge < -0.3 is 9.16 Å². The van der Waals surface area contributed by atoms with Gasteiger partial charge in [-0.1, -0.05) is 0 Å². The molecule has 0 saturated carbocycles. The van der Waals surface area contributed by atoms with Gasteiger partial charge in [-0.15, -0.1) is 0 Å². The van der Waals surface area contributed by atoms with Gasteiger partial charge in [-0.3, -0.25) is 0 Å². The van der Waals surface area contributed by atoms with E-state index in [0.717, 1.165) is 19.8 Å². The highest BCUT2D eigenvalue weighted by Crippen LogP contribution is 1.89. The first-order valence-electron chi connectivity index (χ1n) is 2.65. The Labute approximate surface area is 45.8 Å². The van der Waals surface area contributed by atoms with E-state index in [1.165, 1.54) is 6.04 Å². The molecule has 1 aliphatic rings. The molecule has 0 N–H and O–H groups in total. The van der Waals surface area contributed by atoms with E-state index in [1.807, 2.05) is 0 Å². The van der Waals surface area contributed by atoms with Gasteiger partial charge in [0, 0.05) is 6.61 Å². The molecule has 0 aromatic carbocycles. The summed E-state index contributed by atoms with van der Waals surface area (Å²) in [6, 6.07) is 1.19. The van der Waals surface area contributed by atoms with Crippen molar-refractivity contribution in [1.82, 2.24) is 0 Å². The maximum Gasteiger partial charge on any atom is 0.163 e. The molecule has 0 unspecified atom stereocenters. The molecular formula is C4H10O2Si. The molecule has 2 nitrogen and oxygen atoms in total. The Hall–Kier alpha value is 0.137. The number of rotatable bonds is 0. The molecule has 0 bridgehead atoms. The Balaban J connectivity index is 2.04. The summed E-state index contributed by atoms with van der Waals surface area (Å²) >= 11 is 0. The van der Waals surface area contributed by atoms with E-state index in [1.54, 1.807) is 0 Å². The molecule has 42 valence electrons. The molecule has 0 radical (unpaired) electrons. The number of hydrogen-bond acceptors (Lipinski definition) is 2. The Bertz CT molecular complexity index is 29.3. The smallest absolute Gasteiger partial charge is 0.163 e. The van der Waals surface area contributed by atoms with Crippen molar-refractivity contribution in [2.75, 3.05) is 19.8 Å². The van der Waals surface area contributed by atoms with Crippen LogP contribution in [0.5, 0.6) is 0 Å². The van der Waals surface area contributed by atoms with Gasteiger partial charge in [-0.25, -0.2) is 0 Å². The molecule has 7 heavy (non-hydrogen) atoms. The first-order valence-corrected chi connectivity index (χ1v) is 4.23. The topological polar surface area (TPSA) is 18.5 Å². The van der Waals surface area contributed by atoms with E-state index < -0.39 is 0 Å². The molecule has 1 fully saturated rings. The average Bonchev–Trinajstić information content (AvgIpc) is 1.90. The fraction of sp³-hybridized carbons (Fsp3) is 1.00. The summed E-state index contributed by atoms with van der Waals surface area (Å²) < 4.78 is 10.3. The van der Waals surface area contributed by atoms with Crippen molar-refractivity contribution in [2.45, 2.75) is 6.04 Å². The van der Waals surface area contributed by atoms with Crippen LogP contribution in [0.3, 0.4) is 0 Å². The summed E-state index contributed by atoms with van der Waals surface area (Å²) in [6.45, 7) is 2.59. The Kier molecular flexibility index (Phi) is 2.40. The van der Waals surface area contributed by atoms with Crippen LogP contribution >= 0.6 is 0 Å². The van der Waals surface area contributed by atoms with Gasteiger partial charge in [-0.05, 0) is 6.04 Å². The summed E-state index contributed by atoms with van der Waals surface area (Å²) in [5.41, 5.74) is 0. The van der Waals surface area contributed by atoms with E-state index in [2.05, 4.69) is 0 Å². The largest absolute Gasteiger partial charge is 0.422 e. The van der Waals surface area contributed by atoms with Crippen LogP contribution in [0.4, 0.5) is 0 Å². The highest BCUT2D eigenvalue weighted by molar-refractivity contribution is 6.27. The van der Waals surface area contributed by atoms with Crippen molar-refractivity contribution in [1.29, 1.82) is 0 Å². The molecule has 1 saturated heterocycles. The van der Waals surface area contributed by atoms with Gasteiger partial charge >= 0.3 is 0 Å². The molecule has 3 heteroatoms. The third-order valence-corrected chi connectivity index (χ3v) is 2.10. The van der Waals surface area contributed by atoms with Gasteiger partial charge in [0.2, 0.25) is 0 Å². The normalized spacial score (nSPS) is 27.4. The summed E-state index contributed by atoms with van der Waals surface area (Å²) in [7, 11) is -0.151. The second kappa shape index (κ2) is 3.18. The average molecular weight is 118 g/mol. The van der Waals surface area contributed by atoms with Gasteiger partial charge in [0.05, 0.1) is 13.2 Å². The number of hydrogen-bond donors (Lipinski definition) is 0. The fourth-order valence-corrected chi connectivity index (χ4v) is 1.43. The zero-order valence-electron chi connectivity index (χ0n) is 4.35. The van der Waals surface area contributed by atoms with E-state index in [4.69, 9.17) is 9.16 Å². The van der Waals surface area contributed by atoms with E-state index in [9.17, 15) is 0 Å². The zero-order valence-corrected chi connectivity index (χ0v) is 5.77. The van der Waals surface area contributed by atoms with Gasteiger partial charge in [-0.2, -0.15) is 0 Å². The summed E-state index contributed by atoms with van der Waals surface area (Å²) in [5.74, 6) is 0. The van der Waals surface area contributed by atoms with Crippen molar-refractivity contribution < 1.29 is 9.16 Å². The second-order valence-electron chi connectivity index (χ2n) is 1.58. The predicted molar refractivity (Wildman–Crippen MR) is 30.1 cm³/mol. The zero-order chi connectivity index (χ0) is 4.95. The molecule has 0 aliphatic carbocycles. The number of ether oxygens (including phenoxy) is 1. The van der Waals surface area contributed by atoms with Crippen molar-refractivity contribution in [3.8, 4) is 0 Å². The lowest BCUT2D eigenvalue weighted by atomic mass is 10.7. The highest BCUT2D eigenvalue weighted by Gasteiger charge is 1.95. The van der Waals surface area contributed by atoms with E-state index in [0.29, 0.717) is 0 Å². The van der Waals surface area contributed by atoms with Crippen LogP contribution in [0.25, 0.3) is 0 Å². The van der Waals surface area contributed by atoms with Crippen LogP contribution in [0.15, 0.2) is 0 Å². The Morgan fingerprint density at radius 2 is 2.14 bits per heavy atom. The summed E-state index contributed by atoms with van der Waals surface area (Å²) in [4.78, 5) is 0. The fourth-order valence-electron chi connectivity index (χ4n) is 0.585. The quantitative estimate of drug-likeness (QED) is 0.401. The maximum absolute atomic E-state index is 5.21. The lowest BCUT2D eigenvalue weighted by Gasteiger charge is -1.92. The molecule has 0 spiro atoms.